The van der Waals surface area contributed by atoms with E-state index in [4.69, 9.17) is 23.7 Å². The van der Waals surface area contributed by atoms with Crippen molar-refractivity contribution < 1.29 is 48.0 Å². The molecule has 1 N–H and O–H groups in total. The van der Waals surface area contributed by atoms with Gasteiger partial charge in [0, 0.05) is 24.1 Å². The maximum Gasteiger partial charge on any atom is 0.419 e. The van der Waals surface area contributed by atoms with Crippen molar-refractivity contribution in [2.45, 2.75) is 65.2 Å². The number of amides is 2. The Morgan fingerprint density at radius 1 is 0.977 bits per heavy atom. The van der Waals surface area contributed by atoms with Crippen LogP contribution >= 0.6 is 0 Å². The number of nitrogens with zero attached hydrogens (tertiary/aromatic N) is 2. The molecule has 0 saturated heterocycles. The predicted octanol–water partition coefficient (Wildman–Crippen LogP) is 5.42. The van der Waals surface area contributed by atoms with Crippen molar-refractivity contribution in [3.05, 3.63) is 59.8 Å². The van der Waals surface area contributed by atoms with Gasteiger partial charge in [0.1, 0.15) is 23.0 Å². The van der Waals surface area contributed by atoms with E-state index in [0.717, 1.165) is 13.2 Å². The van der Waals surface area contributed by atoms with Crippen molar-refractivity contribution in [1.82, 2.24) is 9.47 Å². The average Bonchev–Trinajstić information content (AvgIpc) is 3.53. The summed E-state index contributed by atoms with van der Waals surface area (Å²) in [6.45, 7) is 10.1. The molecule has 2 amide bonds. The molecule has 1 aliphatic rings. The number of hydrogen-bond donors (Lipinski definition) is 1. The van der Waals surface area contributed by atoms with Crippen LogP contribution in [0.1, 0.15) is 52.7 Å². The number of carbonyl (C=O) groups excluding carboxylic acids is 4. The largest absolute Gasteiger partial charge is 0.508 e. The van der Waals surface area contributed by atoms with E-state index in [-0.39, 0.29) is 19.0 Å². The smallest absolute Gasteiger partial charge is 0.419 e. The number of phenols is 1. The van der Waals surface area contributed by atoms with E-state index in [2.05, 4.69) is 0 Å². The van der Waals surface area contributed by atoms with Gasteiger partial charge in [-0.25, -0.2) is 19.3 Å². The molecule has 12 heteroatoms. The fraction of sp³-hybridized carbons (Fsp3) is 0.375. The number of phenolic OH excluding ortho intramolecular Hbond substituents is 1. The quantitative estimate of drug-likeness (QED) is 0.219. The maximum atomic E-state index is 13.7. The number of aromatic nitrogens is 1. The van der Waals surface area contributed by atoms with Crippen LogP contribution in [-0.4, -0.2) is 69.8 Å². The van der Waals surface area contributed by atoms with Crippen LogP contribution in [-0.2, 0) is 30.2 Å². The Hall–Kier alpha value is -5.00. The molecular formula is C32H36N2O10. The minimum Gasteiger partial charge on any atom is -0.508 e. The summed E-state index contributed by atoms with van der Waals surface area (Å²) >= 11 is 0. The minimum atomic E-state index is -1.51. The molecular weight excluding hydrogens is 572 g/mol. The monoisotopic (exact) mass is 608 g/mol. The van der Waals surface area contributed by atoms with Crippen LogP contribution in [0.15, 0.2) is 48.7 Å². The topological polar surface area (TPSA) is 143 Å². The van der Waals surface area contributed by atoms with E-state index in [1.807, 2.05) is 0 Å². The molecule has 3 aromatic rings. The van der Waals surface area contributed by atoms with Crippen LogP contribution in [0.25, 0.3) is 17.0 Å². The third kappa shape index (κ3) is 7.49. The van der Waals surface area contributed by atoms with Crippen LogP contribution in [0.5, 0.6) is 17.2 Å². The van der Waals surface area contributed by atoms with Crippen molar-refractivity contribution in [1.29, 1.82) is 0 Å². The van der Waals surface area contributed by atoms with Crippen LogP contribution in [0.4, 0.5) is 9.59 Å². The Morgan fingerprint density at radius 3 is 2.32 bits per heavy atom. The zero-order valence-corrected chi connectivity index (χ0v) is 25.7. The van der Waals surface area contributed by atoms with E-state index >= 15 is 0 Å². The molecule has 234 valence electrons. The summed E-state index contributed by atoms with van der Waals surface area (Å²) in [5.41, 5.74) is -0.483. The summed E-state index contributed by atoms with van der Waals surface area (Å²) in [7, 11) is 1.13. The second-order valence-electron chi connectivity index (χ2n) is 12.1. The number of carbonyl (C=O) groups is 4. The van der Waals surface area contributed by atoms with Crippen molar-refractivity contribution in [3.8, 4) is 17.2 Å². The number of methoxy groups -OCH3 is 1. The van der Waals surface area contributed by atoms with Gasteiger partial charge in [0.2, 0.25) is 6.79 Å². The van der Waals surface area contributed by atoms with Crippen molar-refractivity contribution >= 4 is 41.0 Å². The third-order valence-corrected chi connectivity index (χ3v) is 6.30. The third-order valence-electron chi connectivity index (χ3n) is 6.30. The number of hydrogen-bond acceptors (Lipinski definition) is 10. The Morgan fingerprint density at radius 2 is 1.66 bits per heavy atom. The van der Waals surface area contributed by atoms with Crippen LogP contribution < -0.4 is 9.47 Å². The maximum absolute atomic E-state index is 13.7. The first-order chi connectivity index (χ1) is 20.6. The SMILES string of the molecule is COC(=O)[C@@H](Cc1cn(C(=O)OC(C)(C)C)c2ccc(O)cc12)N(C(=O)/C=C/c1ccc2c(c1)OCO2)C(=O)OC(C)(C)C. The summed E-state index contributed by atoms with van der Waals surface area (Å²) in [5.74, 6) is -0.793. The highest BCUT2D eigenvalue weighted by molar-refractivity contribution is 6.04. The summed E-state index contributed by atoms with van der Waals surface area (Å²) in [6.07, 6.45) is 1.99. The van der Waals surface area contributed by atoms with Crippen LogP contribution in [0.3, 0.4) is 0 Å². The molecule has 12 nitrogen and oxygen atoms in total. The first kappa shape index (κ1) is 31.9. The lowest BCUT2D eigenvalue weighted by molar-refractivity contribution is -0.150. The average molecular weight is 609 g/mol. The van der Waals surface area contributed by atoms with E-state index in [9.17, 15) is 24.3 Å². The van der Waals surface area contributed by atoms with Gasteiger partial charge in [0.25, 0.3) is 5.91 Å². The first-order valence-electron chi connectivity index (χ1n) is 13.8. The Balaban J connectivity index is 1.76. The fourth-order valence-electron chi connectivity index (χ4n) is 4.48. The first-order valence-corrected chi connectivity index (χ1v) is 13.8. The normalized spacial score (nSPS) is 13.5. The molecule has 44 heavy (non-hydrogen) atoms. The Labute approximate surface area is 254 Å². The highest BCUT2D eigenvalue weighted by Crippen LogP contribution is 2.33. The summed E-state index contributed by atoms with van der Waals surface area (Å²) in [5, 5.41) is 10.6. The fourth-order valence-corrected chi connectivity index (χ4v) is 4.48. The number of fused-ring (bicyclic) bond motifs is 2. The van der Waals surface area contributed by atoms with Gasteiger partial charge in [0.05, 0.1) is 12.6 Å². The van der Waals surface area contributed by atoms with Crippen molar-refractivity contribution in [2.24, 2.45) is 0 Å². The molecule has 1 aromatic heterocycles. The highest BCUT2D eigenvalue weighted by atomic mass is 16.7. The molecule has 0 radical (unpaired) electrons. The predicted molar refractivity (Wildman–Crippen MR) is 159 cm³/mol. The van der Waals surface area contributed by atoms with Gasteiger partial charge in [-0.3, -0.25) is 9.36 Å². The Bertz CT molecular complexity index is 1620. The zero-order chi connectivity index (χ0) is 32.4. The molecule has 1 aliphatic heterocycles. The second-order valence-corrected chi connectivity index (χ2v) is 12.1. The number of esters is 1. The molecule has 0 bridgehead atoms. The molecule has 2 aromatic carbocycles. The van der Waals surface area contributed by atoms with Crippen LogP contribution in [0, 0.1) is 0 Å². The highest BCUT2D eigenvalue weighted by Gasteiger charge is 2.38. The van der Waals surface area contributed by atoms with Gasteiger partial charge < -0.3 is 28.8 Å². The lowest BCUT2D eigenvalue weighted by Gasteiger charge is -2.30. The van der Waals surface area contributed by atoms with Gasteiger partial charge in [-0.2, -0.15) is 0 Å². The minimum absolute atomic E-state index is 0.0801. The molecule has 0 saturated carbocycles. The lowest BCUT2D eigenvalue weighted by atomic mass is 10.0. The van der Waals surface area contributed by atoms with E-state index in [1.54, 1.807) is 59.7 Å². The van der Waals surface area contributed by atoms with Gasteiger partial charge in [-0.15, -0.1) is 0 Å². The summed E-state index contributed by atoms with van der Waals surface area (Å²) in [6, 6.07) is 7.89. The van der Waals surface area contributed by atoms with E-state index in [1.165, 1.54) is 35.0 Å². The van der Waals surface area contributed by atoms with Crippen molar-refractivity contribution in [2.75, 3.05) is 13.9 Å². The number of rotatable bonds is 6. The number of aromatic hydroxyl groups is 1. The van der Waals surface area contributed by atoms with E-state index in [0.29, 0.717) is 38.4 Å². The van der Waals surface area contributed by atoms with Gasteiger partial charge >= 0.3 is 18.2 Å². The zero-order valence-electron chi connectivity index (χ0n) is 25.7. The van der Waals surface area contributed by atoms with Crippen molar-refractivity contribution in [3.63, 3.8) is 0 Å². The van der Waals surface area contributed by atoms with Gasteiger partial charge in [-0.1, -0.05) is 6.07 Å². The molecule has 0 aliphatic carbocycles. The molecule has 4 rings (SSSR count). The molecule has 2 heterocycles. The molecule has 0 fully saturated rings. The molecule has 0 spiro atoms. The lowest BCUT2D eigenvalue weighted by Crippen LogP contribution is -2.51. The standard InChI is InChI=1S/C32H36N2O10/c1-31(2,3)43-29(38)33-17-20(22-16-21(35)10-11-23(22)33)15-24(28(37)40-7)34(30(39)44-32(4,5)6)27(36)13-9-19-8-12-25-26(14-19)42-18-41-25/h8-14,16-17,24,35H,15,18H2,1-7H3/b13-9+/t24-/m1/s1. The number of ether oxygens (including phenoxy) is 5. The summed E-state index contributed by atoms with van der Waals surface area (Å²) < 4.78 is 28.0. The molecule has 1 atom stereocenters. The van der Waals surface area contributed by atoms with Gasteiger partial charge in [-0.05, 0) is 89.1 Å². The Kier molecular flexibility index (Phi) is 8.93. The van der Waals surface area contributed by atoms with E-state index < -0.39 is 41.3 Å². The summed E-state index contributed by atoms with van der Waals surface area (Å²) in [4.78, 5) is 54.2. The number of benzene rings is 2. The second kappa shape index (κ2) is 12.3. The number of imide groups is 1. The molecule has 0 unspecified atom stereocenters. The van der Waals surface area contributed by atoms with Gasteiger partial charge in [0.15, 0.2) is 11.5 Å². The van der Waals surface area contributed by atoms with Crippen LogP contribution in [0.2, 0.25) is 0 Å².